The molecule has 0 aliphatic heterocycles. The van der Waals surface area contributed by atoms with Gasteiger partial charge in [-0.2, -0.15) is 10.3 Å². The van der Waals surface area contributed by atoms with Crippen molar-refractivity contribution in [3.63, 3.8) is 0 Å². The molecule has 1 aliphatic rings. The lowest BCUT2D eigenvalue weighted by atomic mass is 9.96. The number of nitrogens with zero attached hydrogens (tertiary/aromatic N) is 6. The fourth-order valence-corrected chi connectivity index (χ4v) is 4.06. The molecule has 1 saturated carbocycles. The van der Waals surface area contributed by atoms with E-state index in [4.69, 9.17) is 4.99 Å². The molecule has 2 aromatic heterocycles. The summed E-state index contributed by atoms with van der Waals surface area (Å²) in [5, 5.41) is 21.2. The molecule has 4 rings (SSSR count). The molecule has 0 saturated heterocycles. The maximum Gasteiger partial charge on any atom is 0.270 e. The summed E-state index contributed by atoms with van der Waals surface area (Å²) in [6.45, 7) is 0. The zero-order valence-electron chi connectivity index (χ0n) is 15.3. The van der Waals surface area contributed by atoms with Gasteiger partial charge in [0.25, 0.3) is 11.9 Å². The van der Waals surface area contributed by atoms with Crippen LogP contribution < -0.4 is 10.1 Å². The Morgan fingerprint density at radius 3 is 2.68 bits per heavy atom. The average molecular weight is 421 g/mol. The van der Waals surface area contributed by atoms with Crippen LogP contribution in [0.3, 0.4) is 0 Å². The Morgan fingerprint density at radius 1 is 1.25 bits per heavy atom. The minimum absolute atomic E-state index is 0. The summed E-state index contributed by atoms with van der Waals surface area (Å²) in [4.78, 5) is 18.0. The highest BCUT2D eigenvalue weighted by Gasteiger charge is 2.14. The van der Waals surface area contributed by atoms with Gasteiger partial charge in [0.1, 0.15) is 5.01 Å². The van der Waals surface area contributed by atoms with Crippen LogP contribution >= 0.6 is 23.7 Å². The standard InChI is InChI=1S/C17H20N8OS.ClH/c1-25-17(18-13-5-3-2-4-6-13)27-15(22-25)12-9-7-11(8-10-12)14(26)19-16-20-23-24-21-16;/h7-10,13H,2-6H2,1H3,(H2,19,20,21,23,24,26);1H. The van der Waals surface area contributed by atoms with E-state index in [0.29, 0.717) is 11.6 Å². The van der Waals surface area contributed by atoms with Crippen molar-refractivity contribution >= 4 is 35.6 Å². The fraction of sp³-hybridized carbons (Fsp3) is 0.412. The van der Waals surface area contributed by atoms with Gasteiger partial charge in [0.15, 0.2) is 0 Å². The Balaban J connectivity index is 0.00000225. The lowest BCUT2D eigenvalue weighted by Crippen LogP contribution is -2.18. The molecule has 28 heavy (non-hydrogen) atoms. The Labute approximate surface area is 171 Å². The molecule has 0 atom stereocenters. The van der Waals surface area contributed by atoms with Gasteiger partial charge in [-0.05, 0) is 30.2 Å². The van der Waals surface area contributed by atoms with Crippen molar-refractivity contribution in [2.75, 3.05) is 5.32 Å². The highest BCUT2D eigenvalue weighted by molar-refractivity contribution is 7.12. The van der Waals surface area contributed by atoms with E-state index in [0.717, 1.165) is 28.2 Å². The molecule has 148 valence electrons. The molecule has 0 unspecified atom stereocenters. The number of benzene rings is 1. The average Bonchev–Trinajstić information content (AvgIpc) is 3.33. The maximum absolute atomic E-state index is 12.2. The van der Waals surface area contributed by atoms with Crippen LogP contribution in [-0.2, 0) is 7.05 Å². The van der Waals surface area contributed by atoms with E-state index in [9.17, 15) is 4.79 Å². The molecular formula is C17H21ClN8OS. The van der Waals surface area contributed by atoms with E-state index in [2.05, 4.69) is 31.0 Å². The number of rotatable bonds is 4. The highest BCUT2D eigenvalue weighted by atomic mass is 35.5. The van der Waals surface area contributed by atoms with Gasteiger partial charge in [-0.25, -0.2) is 4.68 Å². The number of amides is 1. The zero-order valence-corrected chi connectivity index (χ0v) is 17.0. The number of anilines is 1. The number of hydrogen-bond acceptors (Lipinski definition) is 7. The Kier molecular flexibility index (Phi) is 6.53. The fourth-order valence-electron chi connectivity index (χ4n) is 3.10. The topological polar surface area (TPSA) is 114 Å². The van der Waals surface area contributed by atoms with Gasteiger partial charge < -0.3 is 0 Å². The summed E-state index contributed by atoms with van der Waals surface area (Å²) < 4.78 is 1.84. The van der Waals surface area contributed by atoms with E-state index in [1.807, 2.05) is 23.9 Å². The molecule has 1 aromatic carbocycles. The second kappa shape index (κ2) is 9.07. The first kappa shape index (κ1) is 20.2. The van der Waals surface area contributed by atoms with Gasteiger partial charge in [0, 0.05) is 18.2 Å². The van der Waals surface area contributed by atoms with Crippen LogP contribution in [0.25, 0.3) is 10.6 Å². The van der Waals surface area contributed by atoms with Crippen LogP contribution in [0, 0.1) is 0 Å². The van der Waals surface area contributed by atoms with Crippen LogP contribution in [0.5, 0.6) is 0 Å². The van der Waals surface area contributed by atoms with Crippen LogP contribution in [0.4, 0.5) is 5.95 Å². The van der Waals surface area contributed by atoms with E-state index in [-0.39, 0.29) is 24.3 Å². The van der Waals surface area contributed by atoms with Crippen molar-refractivity contribution < 1.29 is 4.79 Å². The molecule has 1 amide bonds. The van der Waals surface area contributed by atoms with E-state index in [1.54, 1.807) is 23.5 Å². The number of carbonyl (C=O) groups excluding carboxylic acids is 1. The first-order valence-corrected chi connectivity index (χ1v) is 9.74. The molecule has 11 heteroatoms. The maximum atomic E-state index is 12.2. The zero-order chi connectivity index (χ0) is 18.6. The predicted molar refractivity (Wildman–Crippen MR) is 108 cm³/mol. The minimum Gasteiger partial charge on any atom is -0.288 e. The molecular weight excluding hydrogens is 400 g/mol. The van der Waals surface area contributed by atoms with Crippen LogP contribution in [0.1, 0.15) is 42.5 Å². The molecule has 0 bridgehead atoms. The summed E-state index contributed by atoms with van der Waals surface area (Å²) in [5.41, 5.74) is 1.47. The van der Waals surface area contributed by atoms with Crippen molar-refractivity contribution in [1.82, 2.24) is 30.4 Å². The highest BCUT2D eigenvalue weighted by Crippen LogP contribution is 2.22. The second-order valence-electron chi connectivity index (χ2n) is 6.50. The first-order valence-electron chi connectivity index (χ1n) is 8.92. The quantitative estimate of drug-likeness (QED) is 0.673. The van der Waals surface area contributed by atoms with Gasteiger partial charge in [-0.3, -0.25) is 15.1 Å². The van der Waals surface area contributed by atoms with Crippen molar-refractivity contribution in [3.05, 3.63) is 34.6 Å². The van der Waals surface area contributed by atoms with Crippen LogP contribution in [-0.4, -0.2) is 42.4 Å². The van der Waals surface area contributed by atoms with Crippen molar-refractivity contribution in [2.45, 2.75) is 38.1 Å². The number of H-pyrrole nitrogens is 1. The SMILES string of the molecule is Cl.Cn1nc(-c2ccc(C(=O)Nc3nn[nH]n3)cc2)sc1=NC1CCCCC1. The largest absolute Gasteiger partial charge is 0.288 e. The number of nitrogens with one attached hydrogen (secondary N) is 2. The third-order valence-corrected chi connectivity index (χ3v) is 5.60. The second-order valence-corrected chi connectivity index (χ2v) is 7.46. The lowest BCUT2D eigenvalue weighted by Gasteiger charge is -2.16. The number of aromatic nitrogens is 6. The minimum atomic E-state index is -0.291. The smallest absolute Gasteiger partial charge is 0.270 e. The Bertz CT molecular complexity index is 974. The summed E-state index contributed by atoms with van der Waals surface area (Å²) >= 11 is 1.58. The molecule has 3 aromatic rings. The predicted octanol–water partition coefficient (Wildman–Crippen LogP) is 2.57. The summed E-state index contributed by atoms with van der Waals surface area (Å²) in [6.07, 6.45) is 6.17. The van der Waals surface area contributed by atoms with E-state index in [1.165, 1.54) is 19.3 Å². The van der Waals surface area contributed by atoms with Gasteiger partial charge in [0.05, 0.1) is 6.04 Å². The number of carbonyl (C=O) groups is 1. The van der Waals surface area contributed by atoms with E-state index < -0.39 is 0 Å². The van der Waals surface area contributed by atoms with Crippen molar-refractivity contribution in [2.24, 2.45) is 12.0 Å². The third kappa shape index (κ3) is 4.63. The summed E-state index contributed by atoms with van der Waals surface area (Å²) in [5.74, 6) is -0.148. The number of halogens is 1. The third-order valence-electron chi connectivity index (χ3n) is 4.54. The van der Waals surface area contributed by atoms with Gasteiger partial charge in [-0.15, -0.1) is 17.5 Å². The Hall–Kier alpha value is -2.59. The van der Waals surface area contributed by atoms with E-state index >= 15 is 0 Å². The normalized spacial score (nSPS) is 15.2. The molecule has 2 N–H and O–H groups in total. The van der Waals surface area contributed by atoms with Crippen LogP contribution in [0.2, 0.25) is 0 Å². The number of aryl methyl sites for hydroxylation is 1. The number of aromatic amines is 1. The van der Waals surface area contributed by atoms with Crippen LogP contribution in [0.15, 0.2) is 29.3 Å². The van der Waals surface area contributed by atoms with Crippen molar-refractivity contribution in [1.29, 1.82) is 0 Å². The summed E-state index contributed by atoms with van der Waals surface area (Å²) in [7, 11) is 1.92. The van der Waals surface area contributed by atoms with Gasteiger partial charge in [-0.1, -0.05) is 47.8 Å². The first-order chi connectivity index (χ1) is 13.2. The molecule has 1 fully saturated rings. The van der Waals surface area contributed by atoms with Gasteiger partial charge >= 0.3 is 0 Å². The lowest BCUT2D eigenvalue weighted by molar-refractivity contribution is 0.102. The monoisotopic (exact) mass is 420 g/mol. The molecule has 9 nitrogen and oxygen atoms in total. The number of hydrogen-bond donors (Lipinski definition) is 2. The molecule has 0 radical (unpaired) electrons. The van der Waals surface area contributed by atoms with Gasteiger partial charge in [0.2, 0.25) is 4.80 Å². The molecule has 0 spiro atoms. The van der Waals surface area contributed by atoms with Crippen molar-refractivity contribution in [3.8, 4) is 10.6 Å². The number of tetrazole rings is 1. The summed E-state index contributed by atoms with van der Waals surface area (Å²) in [6, 6.07) is 7.69. The Morgan fingerprint density at radius 2 is 2.00 bits per heavy atom. The molecule has 1 aliphatic carbocycles. The molecule has 2 heterocycles.